The molecule has 22 nitrogen and oxygen atoms in total. The van der Waals surface area contributed by atoms with Crippen LogP contribution in [0, 0.1) is 0 Å². The molecule has 55 heavy (non-hydrogen) atoms. The van der Waals surface area contributed by atoms with Crippen molar-refractivity contribution in [2.24, 2.45) is 5.10 Å². The van der Waals surface area contributed by atoms with E-state index in [1.807, 2.05) is 0 Å². The van der Waals surface area contributed by atoms with Crippen LogP contribution in [-0.2, 0) is 70.8 Å². The number of benzene rings is 2. The average molecular weight is 847 g/mol. The summed E-state index contributed by atoms with van der Waals surface area (Å²) in [6, 6.07) is 3.56. The normalized spacial score (nSPS) is 14.9. The van der Waals surface area contributed by atoms with Gasteiger partial charge in [0.15, 0.2) is 0 Å². The number of hydrazone groups is 1. The molecular formula is C29H26N4O18S4. The Morgan fingerprint density at radius 3 is 1.75 bits per heavy atom. The SMILES string of the molecule is COC(=O)CC1=NN(c2cc(S(=O)(=O)O)ccc2S(=O)(=O)O)C(=O)C1=CC=CC=Cc1c(CC(=O)OC)[nH]n(-c2cc(S(=O)(=O)O)ccc2S(=O)(=O)O)c1=O. The Kier molecular flexibility index (Phi) is 12.0. The molecule has 5 N–H and O–H groups in total. The van der Waals surface area contributed by atoms with Crippen molar-refractivity contribution in [1.29, 1.82) is 0 Å². The van der Waals surface area contributed by atoms with E-state index in [4.69, 9.17) is 0 Å². The molecule has 2 aromatic carbocycles. The van der Waals surface area contributed by atoms with E-state index in [2.05, 4.69) is 19.7 Å². The first-order valence-corrected chi connectivity index (χ1v) is 20.3. The van der Waals surface area contributed by atoms with Crippen molar-refractivity contribution in [1.82, 2.24) is 9.78 Å². The first kappa shape index (κ1) is 42.1. The van der Waals surface area contributed by atoms with Crippen LogP contribution in [0.15, 0.2) is 95.8 Å². The molecule has 0 spiro atoms. The van der Waals surface area contributed by atoms with Gasteiger partial charge in [0.05, 0.1) is 70.8 Å². The molecule has 4 rings (SSSR count). The fraction of sp³-hybridized carbons (Fsp3) is 0.138. The van der Waals surface area contributed by atoms with E-state index in [0.717, 1.165) is 38.5 Å². The Balaban J connectivity index is 1.81. The highest BCUT2D eigenvalue weighted by Crippen LogP contribution is 2.33. The number of nitrogens with zero attached hydrogens (tertiary/aromatic N) is 3. The summed E-state index contributed by atoms with van der Waals surface area (Å²) in [4.78, 5) is 47.6. The zero-order valence-electron chi connectivity index (χ0n) is 27.7. The number of esters is 2. The predicted molar refractivity (Wildman–Crippen MR) is 186 cm³/mol. The molecule has 26 heteroatoms. The molecule has 0 aliphatic carbocycles. The van der Waals surface area contributed by atoms with Crippen molar-refractivity contribution in [2.45, 2.75) is 32.4 Å². The van der Waals surface area contributed by atoms with Crippen molar-refractivity contribution in [2.75, 3.05) is 19.2 Å². The number of ether oxygens (including phenoxy) is 2. The number of carbonyl (C=O) groups excluding carboxylic acids is 3. The molecule has 2 heterocycles. The van der Waals surface area contributed by atoms with Gasteiger partial charge in [0.2, 0.25) is 0 Å². The van der Waals surface area contributed by atoms with Crippen LogP contribution in [0.25, 0.3) is 11.8 Å². The van der Waals surface area contributed by atoms with Crippen molar-refractivity contribution in [3.05, 3.63) is 87.9 Å². The largest absolute Gasteiger partial charge is 0.469 e. The zero-order chi connectivity index (χ0) is 41.3. The van der Waals surface area contributed by atoms with Crippen LogP contribution in [0.1, 0.15) is 17.7 Å². The number of rotatable bonds is 13. The second-order valence-electron chi connectivity index (χ2n) is 10.8. The lowest BCUT2D eigenvalue weighted by atomic mass is 10.1. The third-order valence-corrected chi connectivity index (χ3v) is 10.8. The zero-order valence-corrected chi connectivity index (χ0v) is 31.0. The first-order chi connectivity index (χ1) is 25.4. The van der Waals surface area contributed by atoms with E-state index in [9.17, 15) is 71.1 Å². The summed E-state index contributed by atoms with van der Waals surface area (Å²) >= 11 is 0. The maximum atomic E-state index is 13.5. The van der Waals surface area contributed by atoms with E-state index in [1.54, 1.807) is 0 Å². The summed E-state index contributed by atoms with van der Waals surface area (Å²) < 4.78 is 143. The second-order valence-corrected chi connectivity index (χ2v) is 16.4. The number of allylic oxidation sites excluding steroid dienone is 4. The number of carbonyl (C=O) groups is 3. The van der Waals surface area contributed by atoms with Gasteiger partial charge in [-0.3, -0.25) is 42.5 Å². The molecule has 1 amide bonds. The molecule has 0 bridgehead atoms. The fourth-order valence-corrected chi connectivity index (χ4v) is 7.08. The number of methoxy groups -OCH3 is 2. The Labute approximate surface area is 310 Å². The lowest BCUT2D eigenvalue weighted by Crippen LogP contribution is -2.24. The molecular weight excluding hydrogens is 821 g/mol. The number of nitrogens with one attached hydrogen (secondary N) is 1. The predicted octanol–water partition coefficient (Wildman–Crippen LogP) is 0.330. The Morgan fingerprint density at radius 1 is 0.727 bits per heavy atom. The molecule has 0 saturated carbocycles. The summed E-state index contributed by atoms with van der Waals surface area (Å²) in [5.41, 5.74) is -3.97. The number of hydrogen-bond donors (Lipinski definition) is 5. The number of amides is 1. The molecule has 0 radical (unpaired) electrons. The van der Waals surface area contributed by atoms with E-state index in [1.165, 1.54) is 6.08 Å². The van der Waals surface area contributed by atoms with Crippen molar-refractivity contribution >= 4 is 75.8 Å². The van der Waals surface area contributed by atoms with E-state index < -0.39 is 108 Å². The summed E-state index contributed by atoms with van der Waals surface area (Å²) in [6.45, 7) is 0. The quantitative estimate of drug-likeness (QED) is 0.0669. The minimum absolute atomic E-state index is 0.214. The van der Waals surface area contributed by atoms with Gasteiger partial charge < -0.3 is 9.47 Å². The summed E-state index contributed by atoms with van der Waals surface area (Å²) in [6.07, 6.45) is 4.31. The minimum Gasteiger partial charge on any atom is -0.469 e. The van der Waals surface area contributed by atoms with Gasteiger partial charge in [-0.15, -0.1) is 0 Å². The van der Waals surface area contributed by atoms with Crippen LogP contribution in [0.5, 0.6) is 0 Å². The highest BCUT2D eigenvalue weighted by molar-refractivity contribution is 7.87. The molecule has 3 aromatic rings. The fourth-order valence-electron chi connectivity index (χ4n) is 4.78. The molecule has 0 atom stereocenters. The van der Waals surface area contributed by atoms with Crippen LogP contribution < -0.4 is 10.6 Å². The van der Waals surface area contributed by atoms with Crippen LogP contribution in [-0.4, -0.2) is 99.4 Å². The number of aromatic amines is 1. The highest BCUT2D eigenvalue weighted by atomic mass is 32.2. The lowest BCUT2D eigenvalue weighted by Gasteiger charge is -2.15. The molecule has 294 valence electrons. The van der Waals surface area contributed by atoms with Gasteiger partial charge in [-0.05, 0) is 48.6 Å². The van der Waals surface area contributed by atoms with Crippen LogP contribution >= 0.6 is 0 Å². The van der Waals surface area contributed by atoms with Gasteiger partial charge in [0.1, 0.15) is 9.79 Å². The third kappa shape index (κ3) is 9.56. The molecule has 1 aliphatic rings. The van der Waals surface area contributed by atoms with Crippen LogP contribution in [0.2, 0.25) is 0 Å². The molecule has 0 fully saturated rings. The smallest absolute Gasteiger partial charge is 0.311 e. The number of anilines is 1. The molecule has 1 aliphatic heterocycles. The molecule has 0 saturated heterocycles. The minimum atomic E-state index is -5.13. The van der Waals surface area contributed by atoms with Gasteiger partial charge in [0, 0.05) is 0 Å². The lowest BCUT2D eigenvalue weighted by molar-refractivity contribution is -0.140. The second kappa shape index (κ2) is 15.6. The maximum absolute atomic E-state index is 13.5. The van der Waals surface area contributed by atoms with Gasteiger partial charge >= 0.3 is 11.9 Å². The van der Waals surface area contributed by atoms with E-state index in [-0.39, 0.29) is 22.5 Å². The summed E-state index contributed by atoms with van der Waals surface area (Å²) in [5.74, 6) is -2.97. The highest BCUT2D eigenvalue weighted by Gasteiger charge is 2.36. The maximum Gasteiger partial charge on any atom is 0.311 e. The van der Waals surface area contributed by atoms with Gasteiger partial charge in [-0.2, -0.15) is 43.8 Å². The van der Waals surface area contributed by atoms with Crippen molar-refractivity contribution in [3.8, 4) is 5.69 Å². The van der Waals surface area contributed by atoms with Crippen molar-refractivity contribution in [3.63, 3.8) is 0 Å². The number of aromatic nitrogens is 2. The Hall–Kier alpha value is -5.61. The molecule has 1 aromatic heterocycles. The van der Waals surface area contributed by atoms with Crippen molar-refractivity contribution < 1.29 is 75.7 Å². The Bertz CT molecular complexity index is 2760. The monoisotopic (exact) mass is 846 g/mol. The third-order valence-electron chi connectivity index (χ3n) is 7.28. The van der Waals surface area contributed by atoms with Gasteiger partial charge in [-0.25, -0.2) is 4.68 Å². The molecule has 0 unspecified atom stereocenters. The van der Waals surface area contributed by atoms with E-state index >= 15 is 0 Å². The summed E-state index contributed by atoms with van der Waals surface area (Å²) in [7, 11) is -18.1. The number of H-pyrrole nitrogens is 1. The number of hydrogen-bond acceptors (Lipinski definition) is 15. The summed E-state index contributed by atoms with van der Waals surface area (Å²) in [5, 5.41) is 6.69. The van der Waals surface area contributed by atoms with Gasteiger partial charge in [0.25, 0.3) is 51.9 Å². The topological polar surface area (TPSA) is 341 Å². The van der Waals surface area contributed by atoms with Crippen LogP contribution in [0.4, 0.5) is 5.69 Å². The van der Waals surface area contributed by atoms with Crippen LogP contribution in [0.3, 0.4) is 0 Å². The van der Waals surface area contributed by atoms with E-state index in [0.29, 0.717) is 46.1 Å². The Morgan fingerprint density at radius 2 is 1.24 bits per heavy atom. The van der Waals surface area contributed by atoms with Gasteiger partial charge in [-0.1, -0.05) is 18.2 Å². The standard InChI is InChI=1S/C29H26N4O18S4/c1-50-26(34)14-20-18(28(36)32(30-20)22-12-16(52(38,39)40)8-10-24(22)54(44,45)46)6-4-3-5-7-19-21(15-27(35)51-2)31-33(29(19)37)23-13-17(53(41,42)43)9-11-25(23)55(47,48)49/h3-13,30H,14-15H2,1-2H3,(H,38,39,40)(H,41,42,43)(H,44,45,46)(H,47,48,49). The first-order valence-electron chi connectivity index (χ1n) is 14.5. The average Bonchev–Trinajstić information content (AvgIpc) is 3.56.